The normalized spacial score (nSPS) is 19.9. The van der Waals surface area contributed by atoms with E-state index < -0.39 is 0 Å². The van der Waals surface area contributed by atoms with Crippen molar-refractivity contribution in [3.05, 3.63) is 78.5 Å². The van der Waals surface area contributed by atoms with Crippen LogP contribution in [0.5, 0.6) is 0 Å². The largest absolute Gasteiger partial charge is 0.382 e. The van der Waals surface area contributed by atoms with Crippen molar-refractivity contribution >= 4 is 5.69 Å². The van der Waals surface area contributed by atoms with Crippen molar-refractivity contribution in [1.29, 1.82) is 0 Å². The van der Waals surface area contributed by atoms with Gasteiger partial charge in [-0.15, -0.1) is 5.10 Å². The Kier molecular flexibility index (Phi) is 4.51. The van der Waals surface area contributed by atoms with Gasteiger partial charge in [0.15, 0.2) is 0 Å². The summed E-state index contributed by atoms with van der Waals surface area (Å²) < 4.78 is 1.84. The third-order valence-electron chi connectivity index (χ3n) is 4.90. The second kappa shape index (κ2) is 7.09. The van der Waals surface area contributed by atoms with Crippen molar-refractivity contribution in [3.8, 4) is 5.69 Å². The molecule has 1 heterocycles. The molecule has 25 heavy (non-hydrogen) atoms. The third-order valence-corrected chi connectivity index (χ3v) is 4.90. The van der Waals surface area contributed by atoms with E-state index in [1.165, 1.54) is 24.1 Å². The molecule has 1 aromatic heterocycles. The Morgan fingerprint density at radius 1 is 1.08 bits per heavy atom. The van der Waals surface area contributed by atoms with E-state index in [1.807, 2.05) is 16.9 Å². The highest BCUT2D eigenvalue weighted by molar-refractivity contribution is 5.49. The molecule has 1 N–H and O–H groups in total. The van der Waals surface area contributed by atoms with Crippen LogP contribution in [0.4, 0.5) is 5.69 Å². The molecule has 1 saturated carbocycles. The van der Waals surface area contributed by atoms with Crippen molar-refractivity contribution in [3.63, 3.8) is 0 Å². The molecule has 0 bridgehead atoms. The van der Waals surface area contributed by atoms with E-state index in [0.29, 0.717) is 12.0 Å². The van der Waals surface area contributed by atoms with E-state index in [2.05, 4.69) is 77.5 Å². The Labute approximate surface area is 148 Å². The molecule has 127 valence electrons. The van der Waals surface area contributed by atoms with Crippen LogP contribution < -0.4 is 5.32 Å². The Morgan fingerprint density at radius 2 is 1.88 bits per heavy atom. The summed E-state index contributed by atoms with van der Waals surface area (Å²) in [5.74, 6) is 0.635. The van der Waals surface area contributed by atoms with Crippen LogP contribution in [-0.2, 0) is 6.42 Å². The first kappa shape index (κ1) is 15.9. The lowest BCUT2D eigenvalue weighted by Gasteiger charge is -2.18. The van der Waals surface area contributed by atoms with Crippen LogP contribution in [0.1, 0.15) is 31.0 Å². The highest BCUT2D eigenvalue weighted by Crippen LogP contribution is 2.27. The fraction of sp³-hybridized carbons (Fsp3) is 0.286. The van der Waals surface area contributed by atoms with Gasteiger partial charge in [0.2, 0.25) is 0 Å². The summed E-state index contributed by atoms with van der Waals surface area (Å²) in [6.45, 7) is 2.28. The van der Waals surface area contributed by atoms with E-state index in [4.69, 9.17) is 0 Å². The minimum atomic E-state index is 0.551. The minimum absolute atomic E-state index is 0.551. The monoisotopic (exact) mass is 331 g/mol. The molecule has 0 saturated heterocycles. The molecule has 3 aromatic rings. The lowest BCUT2D eigenvalue weighted by molar-refractivity contribution is 0.610. The second-order valence-corrected chi connectivity index (χ2v) is 6.79. The van der Waals surface area contributed by atoms with Crippen molar-refractivity contribution < 1.29 is 0 Å². The maximum Gasteiger partial charge on any atom is 0.0875 e. The van der Waals surface area contributed by atoms with Gasteiger partial charge in [0, 0.05) is 18.2 Å². The number of nitrogens with one attached hydrogen (secondary N) is 1. The van der Waals surface area contributed by atoms with Gasteiger partial charge in [0.05, 0.1) is 17.6 Å². The number of rotatable bonds is 5. The highest BCUT2D eigenvalue weighted by atomic mass is 15.4. The Hall–Kier alpha value is -2.62. The maximum atomic E-state index is 4.30. The quantitative estimate of drug-likeness (QED) is 0.759. The van der Waals surface area contributed by atoms with Crippen LogP contribution >= 0.6 is 0 Å². The summed E-state index contributed by atoms with van der Waals surface area (Å²) in [6, 6.07) is 19.3. The number of aromatic nitrogens is 3. The molecular formula is C21H23N4. The number of hydrogen-bond acceptors (Lipinski definition) is 3. The molecule has 0 aliphatic heterocycles. The standard InChI is InChI=1S/C21H23N4/c1-16-6-5-9-21(16)22-18-10-12-20(13-11-18)25-15-19(23-24-25)14-17-7-3-2-4-8-17/h2-4,6-8,10-13,15-16,21-22H,5,9,14H2,1H3. The topological polar surface area (TPSA) is 42.7 Å². The third kappa shape index (κ3) is 3.73. The highest BCUT2D eigenvalue weighted by Gasteiger charge is 2.23. The average molecular weight is 331 g/mol. The first-order chi connectivity index (χ1) is 12.3. The van der Waals surface area contributed by atoms with Crippen LogP contribution in [0, 0.1) is 12.3 Å². The smallest absolute Gasteiger partial charge is 0.0875 e. The molecule has 4 nitrogen and oxygen atoms in total. The predicted octanol–water partition coefficient (Wildman–Crippen LogP) is 4.27. The Balaban J connectivity index is 1.43. The lowest BCUT2D eigenvalue weighted by Crippen LogP contribution is -2.21. The van der Waals surface area contributed by atoms with Gasteiger partial charge >= 0.3 is 0 Å². The zero-order chi connectivity index (χ0) is 17.1. The maximum absolute atomic E-state index is 4.30. The van der Waals surface area contributed by atoms with Gasteiger partial charge in [-0.1, -0.05) is 42.5 Å². The van der Waals surface area contributed by atoms with Crippen molar-refractivity contribution in [2.75, 3.05) is 5.32 Å². The molecule has 2 unspecified atom stereocenters. The molecule has 2 atom stereocenters. The lowest BCUT2D eigenvalue weighted by atomic mass is 10.1. The number of hydrogen-bond donors (Lipinski definition) is 1. The summed E-state index contributed by atoms with van der Waals surface area (Å²) >= 11 is 0. The molecule has 4 heteroatoms. The second-order valence-electron chi connectivity index (χ2n) is 6.79. The van der Waals surface area contributed by atoms with E-state index in [1.54, 1.807) is 0 Å². The van der Waals surface area contributed by atoms with E-state index in [9.17, 15) is 0 Å². The minimum Gasteiger partial charge on any atom is -0.382 e. The number of anilines is 1. The van der Waals surface area contributed by atoms with Crippen molar-refractivity contribution in [2.45, 2.75) is 32.2 Å². The Morgan fingerprint density at radius 3 is 2.60 bits per heavy atom. The number of nitrogens with zero attached hydrogens (tertiary/aromatic N) is 3. The van der Waals surface area contributed by atoms with Crippen LogP contribution in [0.25, 0.3) is 5.69 Å². The van der Waals surface area contributed by atoms with Gasteiger partial charge in [-0.05, 0) is 55.0 Å². The Bertz CT molecular complexity index is 807. The summed E-state index contributed by atoms with van der Waals surface area (Å²) in [5, 5.41) is 12.2. The van der Waals surface area contributed by atoms with E-state index >= 15 is 0 Å². The molecule has 1 aliphatic carbocycles. The van der Waals surface area contributed by atoms with Gasteiger partial charge in [-0.2, -0.15) is 0 Å². The van der Waals surface area contributed by atoms with Crippen molar-refractivity contribution in [2.24, 2.45) is 5.92 Å². The fourth-order valence-electron chi connectivity index (χ4n) is 3.40. The van der Waals surface area contributed by atoms with E-state index in [0.717, 1.165) is 17.8 Å². The van der Waals surface area contributed by atoms with Gasteiger partial charge in [0.25, 0.3) is 0 Å². The molecule has 1 fully saturated rings. The molecular weight excluding hydrogens is 308 g/mol. The van der Waals surface area contributed by atoms with Gasteiger partial charge in [-0.25, -0.2) is 4.68 Å². The predicted molar refractivity (Wildman–Crippen MR) is 101 cm³/mol. The summed E-state index contributed by atoms with van der Waals surface area (Å²) in [7, 11) is 0. The van der Waals surface area contributed by atoms with Crippen LogP contribution in [0.2, 0.25) is 0 Å². The molecule has 1 aliphatic rings. The van der Waals surface area contributed by atoms with Crippen LogP contribution in [0.3, 0.4) is 0 Å². The van der Waals surface area contributed by atoms with Crippen LogP contribution in [-0.4, -0.2) is 21.0 Å². The zero-order valence-electron chi connectivity index (χ0n) is 14.5. The van der Waals surface area contributed by atoms with Crippen molar-refractivity contribution in [1.82, 2.24) is 15.0 Å². The average Bonchev–Trinajstić information content (AvgIpc) is 3.26. The van der Waals surface area contributed by atoms with Gasteiger partial charge < -0.3 is 5.32 Å². The molecule has 4 rings (SSSR count). The first-order valence-electron chi connectivity index (χ1n) is 8.93. The van der Waals surface area contributed by atoms with E-state index in [-0.39, 0.29) is 0 Å². The van der Waals surface area contributed by atoms with Gasteiger partial charge in [0.1, 0.15) is 0 Å². The summed E-state index contributed by atoms with van der Waals surface area (Å²) in [6.07, 6.45) is 7.63. The molecule has 2 aromatic carbocycles. The molecule has 1 radical (unpaired) electrons. The molecule has 0 spiro atoms. The zero-order valence-corrected chi connectivity index (χ0v) is 14.5. The SMILES string of the molecule is CC1[CH]CCC1Nc1ccc(-n2cc(Cc3ccccc3)nn2)cc1. The van der Waals surface area contributed by atoms with Crippen LogP contribution in [0.15, 0.2) is 60.8 Å². The number of benzene rings is 2. The fourth-order valence-corrected chi connectivity index (χ4v) is 3.40. The first-order valence-corrected chi connectivity index (χ1v) is 8.93. The summed E-state index contributed by atoms with van der Waals surface area (Å²) in [5.41, 5.74) is 4.42. The van der Waals surface area contributed by atoms with Gasteiger partial charge in [-0.3, -0.25) is 0 Å². The summed E-state index contributed by atoms with van der Waals surface area (Å²) in [4.78, 5) is 0. The molecule has 0 amide bonds.